The molecule has 0 aliphatic heterocycles. The molecule has 6 heteroatoms. The predicted octanol–water partition coefficient (Wildman–Crippen LogP) is 2.37. The summed E-state index contributed by atoms with van der Waals surface area (Å²) in [5.41, 5.74) is 7.17. The maximum atomic E-state index is 5.79. The molecule has 2 heterocycles. The molecule has 4 nitrogen and oxygen atoms in total. The summed E-state index contributed by atoms with van der Waals surface area (Å²) in [6.07, 6.45) is 6.81. The maximum absolute atomic E-state index is 5.79. The molecule has 0 atom stereocenters. The van der Waals surface area contributed by atoms with E-state index in [0.29, 0.717) is 5.69 Å². The Hall–Kier alpha value is -0.880. The van der Waals surface area contributed by atoms with Crippen LogP contribution in [-0.4, -0.2) is 14.8 Å². The summed E-state index contributed by atoms with van der Waals surface area (Å²) in [5, 5.41) is 4.14. The molecule has 0 unspecified atom stereocenters. The molecule has 0 aliphatic carbocycles. The molecule has 14 heavy (non-hydrogen) atoms. The van der Waals surface area contributed by atoms with Gasteiger partial charge < -0.3 is 5.73 Å². The summed E-state index contributed by atoms with van der Waals surface area (Å²) in [6.45, 7) is 0. The highest BCUT2D eigenvalue weighted by molar-refractivity contribution is 9.10. The van der Waals surface area contributed by atoms with Crippen LogP contribution in [0.5, 0.6) is 0 Å². The van der Waals surface area contributed by atoms with E-state index < -0.39 is 0 Å². The monoisotopic (exact) mass is 316 g/mol. The van der Waals surface area contributed by atoms with Crippen molar-refractivity contribution in [3.8, 4) is 5.69 Å². The average Bonchev–Trinajstić information content (AvgIpc) is 2.51. The van der Waals surface area contributed by atoms with Crippen LogP contribution in [0.15, 0.2) is 33.7 Å². The lowest BCUT2D eigenvalue weighted by atomic mass is 10.3. The normalized spacial score (nSPS) is 10.4. The summed E-state index contributed by atoms with van der Waals surface area (Å²) in [7, 11) is 0. The lowest BCUT2D eigenvalue weighted by Gasteiger charge is -2.06. The van der Waals surface area contributed by atoms with Gasteiger partial charge in [-0.05, 0) is 31.9 Å². The van der Waals surface area contributed by atoms with Gasteiger partial charge in [0.1, 0.15) is 5.69 Å². The zero-order valence-corrected chi connectivity index (χ0v) is 10.2. The minimum Gasteiger partial charge on any atom is -0.396 e. The van der Waals surface area contributed by atoms with Crippen LogP contribution >= 0.6 is 31.9 Å². The van der Waals surface area contributed by atoms with Crippen molar-refractivity contribution in [1.29, 1.82) is 0 Å². The molecule has 0 saturated carbocycles. The Morgan fingerprint density at radius 3 is 2.57 bits per heavy atom. The highest BCUT2D eigenvalue weighted by Gasteiger charge is 2.07. The number of hydrogen-bond donors (Lipinski definition) is 1. The van der Waals surface area contributed by atoms with Gasteiger partial charge in [-0.2, -0.15) is 5.10 Å². The Labute approximate surface area is 97.4 Å². The molecular weight excluding hydrogens is 312 g/mol. The molecule has 0 aliphatic rings. The van der Waals surface area contributed by atoms with E-state index in [-0.39, 0.29) is 0 Å². The summed E-state index contributed by atoms with van der Waals surface area (Å²) in [6, 6.07) is 0. The van der Waals surface area contributed by atoms with Gasteiger partial charge in [0.15, 0.2) is 0 Å². The minimum absolute atomic E-state index is 0.579. The smallest absolute Gasteiger partial charge is 0.105 e. The average molecular weight is 318 g/mol. The number of nitrogens with zero attached hydrogens (tertiary/aromatic N) is 3. The molecule has 0 aromatic carbocycles. The largest absolute Gasteiger partial charge is 0.396 e. The van der Waals surface area contributed by atoms with E-state index in [4.69, 9.17) is 5.73 Å². The van der Waals surface area contributed by atoms with E-state index in [1.54, 1.807) is 23.3 Å². The van der Waals surface area contributed by atoms with Crippen LogP contribution < -0.4 is 5.73 Å². The molecule has 2 N–H and O–H groups in total. The molecular formula is C8H6Br2N4. The first-order valence-corrected chi connectivity index (χ1v) is 5.36. The molecule has 2 rings (SSSR count). The van der Waals surface area contributed by atoms with Gasteiger partial charge in [0, 0.05) is 12.4 Å². The topological polar surface area (TPSA) is 56.7 Å². The van der Waals surface area contributed by atoms with Crippen LogP contribution in [0, 0.1) is 0 Å². The van der Waals surface area contributed by atoms with Crippen LogP contribution in [0.1, 0.15) is 0 Å². The molecule has 2 aromatic heterocycles. The van der Waals surface area contributed by atoms with Crippen molar-refractivity contribution in [1.82, 2.24) is 14.8 Å². The van der Waals surface area contributed by atoms with Crippen LogP contribution in [0.4, 0.5) is 5.69 Å². The summed E-state index contributed by atoms with van der Waals surface area (Å²) in [5.74, 6) is 0. The molecule has 0 amide bonds. The minimum atomic E-state index is 0.579. The van der Waals surface area contributed by atoms with Gasteiger partial charge >= 0.3 is 0 Å². The first-order valence-electron chi connectivity index (χ1n) is 3.78. The maximum Gasteiger partial charge on any atom is 0.105 e. The number of hydrogen-bond acceptors (Lipinski definition) is 3. The van der Waals surface area contributed by atoms with Crippen LogP contribution in [0.25, 0.3) is 5.69 Å². The summed E-state index contributed by atoms with van der Waals surface area (Å²) in [4.78, 5) is 3.95. The fourth-order valence-electron chi connectivity index (χ4n) is 1.11. The Morgan fingerprint density at radius 1 is 1.21 bits per heavy atom. The third-order valence-corrected chi connectivity index (χ3v) is 2.67. The van der Waals surface area contributed by atoms with Gasteiger partial charge in [0.2, 0.25) is 0 Å². The van der Waals surface area contributed by atoms with Gasteiger partial charge in [-0.15, -0.1) is 0 Å². The summed E-state index contributed by atoms with van der Waals surface area (Å²) < 4.78 is 3.40. The van der Waals surface area contributed by atoms with Crippen LogP contribution in [0.2, 0.25) is 0 Å². The second kappa shape index (κ2) is 3.70. The van der Waals surface area contributed by atoms with Crippen LogP contribution in [0.3, 0.4) is 0 Å². The third kappa shape index (κ3) is 1.67. The Morgan fingerprint density at radius 2 is 2.00 bits per heavy atom. The first kappa shape index (κ1) is 9.67. The van der Waals surface area contributed by atoms with Crippen molar-refractivity contribution < 1.29 is 0 Å². The number of halogens is 2. The SMILES string of the molecule is Nc1cncc(Br)c1-n1cc(Br)cn1. The van der Waals surface area contributed by atoms with Crippen LogP contribution in [-0.2, 0) is 0 Å². The second-order valence-electron chi connectivity index (χ2n) is 2.66. The number of nitrogen functional groups attached to an aromatic ring is 1. The van der Waals surface area contributed by atoms with Gasteiger partial charge in [0.05, 0.1) is 27.0 Å². The highest BCUT2D eigenvalue weighted by Crippen LogP contribution is 2.25. The molecule has 0 bridgehead atoms. The number of pyridine rings is 1. The zero-order valence-electron chi connectivity index (χ0n) is 6.98. The molecule has 0 spiro atoms. The zero-order chi connectivity index (χ0) is 10.1. The van der Waals surface area contributed by atoms with E-state index in [2.05, 4.69) is 41.9 Å². The molecule has 0 saturated heterocycles. The lowest BCUT2D eigenvalue weighted by Crippen LogP contribution is -2.01. The second-order valence-corrected chi connectivity index (χ2v) is 4.43. The van der Waals surface area contributed by atoms with E-state index in [1.807, 2.05) is 6.20 Å². The van der Waals surface area contributed by atoms with E-state index in [9.17, 15) is 0 Å². The standard InChI is InChI=1S/C8H6Br2N4/c9-5-1-13-14(4-5)8-6(10)2-12-3-7(8)11/h1-4H,11H2. The van der Waals surface area contributed by atoms with Crippen molar-refractivity contribution in [2.45, 2.75) is 0 Å². The van der Waals surface area contributed by atoms with Crippen molar-refractivity contribution in [3.05, 3.63) is 33.7 Å². The Bertz CT molecular complexity index is 446. The van der Waals surface area contributed by atoms with Crippen molar-refractivity contribution >= 4 is 37.5 Å². The lowest BCUT2D eigenvalue weighted by molar-refractivity contribution is 0.875. The number of nitrogens with two attached hydrogens (primary N) is 1. The fourth-order valence-corrected chi connectivity index (χ4v) is 1.92. The van der Waals surface area contributed by atoms with E-state index >= 15 is 0 Å². The molecule has 0 fully saturated rings. The molecule has 0 radical (unpaired) electrons. The Balaban J connectivity index is 2.61. The Kier molecular flexibility index (Phi) is 2.56. The number of aromatic nitrogens is 3. The summed E-state index contributed by atoms with van der Waals surface area (Å²) >= 11 is 6.70. The quantitative estimate of drug-likeness (QED) is 0.878. The van der Waals surface area contributed by atoms with Gasteiger partial charge in [0.25, 0.3) is 0 Å². The van der Waals surface area contributed by atoms with Crippen molar-refractivity contribution in [2.24, 2.45) is 0 Å². The first-order chi connectivity index (χ1) is 6.68. The highest BCUT2D eigenvalue weighted by atomic mass is 79.9. The van der Waals surface area contributed by atoms with E-state index in [1.165, 1.54) is 0 Å². The van der Waals surface area contributed by atoms with Crippen molar-refractivity contribution in [3.63, 3.8) is 0 Å². The number of rotatable bonds is 1. The van der Waals surface area contributed by atoms with Gasteiger partial charge in [-0.1, -0.05) is 0 Å². The van der Waals surface area contributed by atoms with E-state index in [0.717, 1.165) is 14.6 Å². The van der Waals surface area contributed by atoms with Crippen molar-refractivity contribution in [2.75, 3.05) is 5.73 Å². The number of anilines is 1. The fraction of sp³-hybridized carbons (Fsp3) is 0. The van der Waals surface area contributed by atoms with Gasteiger partial charge in [-0.25, -0.2) is 4.68 Å². The third-order valence-electron chi connectivity index (χ3n) is 1.68. The van der Waals surface area contributed by atoms with Gasteiger partial charge in [-0.3, -0.25) is 4.98 Å². The molecule has 2 aromatic rings. The molecule has 72 valence electrons. The predicted molar refractivity (Wildman–Crippen MR) is 61.2 cm³/mol.